The van der Waals surface area contributed by atoms with Gasteiger partial charge in [0.1, 0.15) is 0 Å². The van der Waals surface area contributed by atoms with Crippen LogP contribution in [0.25, 0.3) is 5.69 Å². The molecule has 0 spiro atoms. The largest absolute Gasteiger partial charge is 0.339 e. The normalized spacial score (nSPS) is 10.5. The van der Waals surface area contributed by atoms with E-state index in [1.54, 1.807) is 10.9 Å². The lowest BCUT2D eigenvalue weighted by atomic mass is 10.1. The van der Waals surface area contributed by atoms with Crippen LogP contribution in [0.2, 0.25) is 0 Å². The fourth-order valence-corrected chi connectivity index (χ4v) is 2.22. The molecule has 1 aromatic carbocycles. The molecule has 0 atom stereocenters. The van der Waals surface area contributed by atoms with E-state index in [4.69, 9.17) is 0 Å². The van der Waals surface area contributed by atoms with E-state index in [1.165, 1.54) is 0 Å². The molecule has 1 heterocycles. The van der Waals surface area contributed by atoms with Gasteiger partial charge in [0.15, 0.2) is 0 Å². The molecule has 2 rings (SSSR count). The van der Waals surface area contributed by atoms with Gasteiger partial charge < -0.3 is 4.90 Å². The Kier molecular flexibility index (Phi) is 4.93. The van der Waals surface area contributed by atoms with Crippen LogP contribution in [-0.4, -0.2) is 33.7 Å². The summed E-state index contributed by atoms with van der Waals surface area (Å²) >= 11 is 0. The van der Waals surface area contributed by atoms with E-state index in [9.17, 15) is 4.79 Å². The Morgan fingerprint density at radius 1 is 1.15 bits per heavy atom. The van der Waals surface area contributed by atoms with Crippen molar-refractivity contribution < 1.29 is 4.79 Å². The van der Waals surface area contributed by atoms with Gasteiger partial charge in [-0.3, -0.25) is 4.79 Å². The third kappa shape index (κ3) is 3.26. The maximum Gasteiger partial charge on any atom is 0.253 e. The first-order chi connectivity index (χ1) is 9.76. The van der Waals surface area contributed by atoms with E-state index in [0.717, 1.165) is 37.2 Å². The molecule has 2 aromatic rings. The van der Waals surface area contributed by atoms with Crippen molar-refractivity contribution in [2.75, 3.05) is 13.1 Å². The van der Waals surface area contributed by atoms with E-state index in [1.807, 2.05) is 41.4 Å². The first-order valence-corrected chi connectivity index (χ1v) is 7.15. The molecule has 0 aliphatic carbocycles. The Morgan fingerprint density at radius 2 is 1.80 bits per heavy atom. The first kappa shape index (κ1) is 14.3. The van der Waals surface area contributed by atoms with Crippen LogP contribution in [0.15, 0.2) is 42.7 Å². The number of carbonyl (C=O) groups excluding carboxylic acids is 1. The Bertz CT molecular complexity index is 525. The first-order valence-electron chi connectivity index (χ1n) is 7.15. The van der Waals surface area contributed by atoms with Crippen LogP contribution in [0.5, 0.6) is 0 Å². The van der Waals surface area contributed by atoms with Crippen molar-refractivity contribution in [3.63, 3.8) is 0 Å². The number of aromatic nitrogens is 2. The number of benzene rings is 1. The minimum Gasteiger partial charge on any atom is -0.339 e. The van der Waals surface area contributed by atoms with Gasteiger partial charge >= 0.3 is 0 Å². The Morgan fingerprint density at radius 3 is 2.30 bits per heavy atom. The number of nitrogens with zero attached hydrogens (tertiary/aromatic N) is 3. The smallest absolute Gasteiger partial charge is 0.253 e. The maximum absolute atomic E-state index is 12.4. The summed E-state index contributed by atoms with van der Waals surface area (Å²) in [5.41, 5.74) is 1.70. The number of hydrogen-bond acceptors (Lipinski definition) is 2. The quantitative estimate of drug-likeness (QED) is 0.809. The average molecular weight is 271 g/mol. The summed E-state index contributed by atoms with van der Waals surface area (Å²) in [6.45, 7) is 5.81. The Labute approximate surface area is 120 Å². The number of carbonyl (C=O) groups is 1. The van der Waals surface area contributed by atoms with Gasteiger partial charge in [-0.25, -0.2) is 4.68 Å². The summed E-state index contributed by atoms with van der Waals surface area (Å²) in [7, 11) is 0. The lowest BCUT2D eigenvalue weighted by Crippen LogP contribution is -2.32. The average Bonchev–Trinajstić information content (AvgIpc) is 3.01. The van der Waals surface area contributed by atoms with Gasteiger partial charge in [-0.15, -0.1) is 0 Å². The van der Waals surface area contributed by atoms with Crippen LogP contribution in [0, 0.1) is 0 Å². The maximum atomic E-state index is 12.4. The molecule has 0 fully saturated rings. The van der Waals surface area contributed by atoms with E-state index in [2.05, 4.69) is 18.9 Å². The third-order valence-electron chi connectivity index (χ3n) is 3.16. The van der Waals surface area contributed by atoms with Crippen LogP contribution < -0.4 is 0 Å². The standard InChI is InChI=1S/C16H21N3O/c1-3-11-18(12-4-2)16(20)14-6-8-15(9-7-14)19-13-5-10-17-19/h5-10,13H,3-4,11-12H2,1-2H3. The van der Waals surface area contributed by atoms with Gasteiger partial charge in [0, 0.05) is 31.0 Å². The Balaban J connectivity index is 2.14. The zero-order chi connectivity index (χ0) is 14.4. The van der Waals surface area contributed by atoms with Crippen molar-refractivity contribution in [2.24, 2.45) is 0 Å². The third-order valence-corrected chi connectivity index (χ3v) is 3.16. The molecule has 1 aromatic heterocycles. The van der Waals surface area contributed by atoms with Crippen LogP contribution in [-0.2, 0) is 0 Å². The van der Waals surface area contributed by atoms with E-state index in [-0.39, 0.29) is 5.91 Å². The van der Waals surface area contributed by atoms with Crippen LogP contribution in [0.3, 0.4) is 0 Å². The van der Waals surface area contributed by atoms with Crippen molar-refractivity contribution in [1.82, 2.24) is 14.7 Å². The van der Waals surface area contributed by atoms with Crippen molar-refractivity contribution in [3.8, 4) is 5.69 Å². The van der Waals surface area contributed by atoms with E-state index in [0.29, 0.717) is 0 Å². The molecule has 0 saturated carbocycles. The molecule has 4 heteroatoms. The molecule has 0 aliphatic heterocycles. The lowest BCUT2D eigenvalue weighted by molar-refractivity contribution is 0.0755. The molecule has 0 aliphatic rings. The molecule has 106 valence electrons. The number of amides is 1. The number of hydrogen-bond donors (Lipinski definition) is 0. The molecule has 20 heavy (non-hydrogen) atoms. The summed E-state index contributed by atoms with van der Waals surface area (Å²) in [4.78, 5) is 14.3. The molecular formula is C16H21N3O. The highest BCUT2D eigenvalue weighted by Crippen LogP contribution is 2.11. The lowest BCUT2D eigenvalue weighted by Gasteiger charge is -2.21. The van der Waals surface area contributed by atoms with Gasteiger partial charge in [0.05, 0.1) is 5.69 Å². The highest BCUT2D eigenvalue weighted by atomic mass is 16.2. The van der Waals surface area contributed by atoms with Crippen LogP contribution in [0.1, 0.15) is 37.0 Å². The summed E-state index contributed by atoms with van der Waals surface area (Å²) < 4.78 is 1.78. The van der Waals surface area contributed by atoms with Gasteiger partial charge in [0.25, 0.3) is 5.91 Å². The zero-order valence-electron chi connectivity index (χ0n) is 12.1. The van der Waals surface area contributed by atoms with Crippen molar-refractivity contribution in [1.29, 1.82) is 0 Å². The zero-order valence-corrected chi connectivity index (χ0v) is 12.1. The fraction of sp³-hybridized carbons (Fsp3) is 0.375. The highest BCUT2D eigenvalue weighted by Gasteiger charge is 2.13. The van der Waals surface area contributed by atoms with Gasteiger partial charge in [-0.1, -0.05) is 13.8 Å². The fourth-order valence-electron chi connectivity index (χ4n) is 2.22. The molecule has 0 radical (unpaired) electrons. The number of rotatable bonds is 6. The van der Waals surface area contributed by atoms with Crippen molar-refractivity contribution in [3.05, 3.63) is 48.3 Å². The van der Waals surface area contributed by atoms with Crippen LogP contribution in [0.4, 0.5) is 0 Å². The van der Waals surface area contributed by atoms with Gasteiger partial charge in [-0.2, -0.15) is 5.10 Å². The topological polar surface area (TPSA) is 38.1 Å². The SMILES string of the molecule is CCCN(CCC)C(=O)c1ccc(-n2cccn2)cc1. The van der Waals surface area contributed by atoms with Crippen molar-refractivity contribution >= 4 is 5.91 Å². The summed E-state index contributed by atoms with van der Waals surface area (Å²) in [5.74, 6) is 0.112. The van der Waals surface area contributed by atoms with Gasteiger partial charge in [0.2, 0.25) is 0 Å². The van der Waals surface area contributed by atoms with Crippen molar-refractivity contribution in [2.45, 2.75) is 26.7 Å². The van der Waals surface area contributed by atoms with E-state index < -0.39 is 0 Å². The second kappa shape index (κ2) is 6.89. The summed E-state index contributed by atoms with van der Waals surface area (Å²) in [5, 5.41) is 4.18. The molecule has 4 nitrogen and oxygen atoms in total. The monoisotopic (exact) mass is 271 g/mol. The molecular weight excluding hydrogens is 250 g/mol. The van der Waals surface area contributed by atoms with E-state index >= 15 is 0 Å². The minimum atomic E-state index is 0.112. The second-order valence-electron chi connectivity index (χ2n) is 4.79. The highest BCUT2D eigenvalue weighted by molar-refractivity contribution is 5.94. The summed E-state index contributed by atoms with van der Waals surface area (Å²) in [6.07, 6.45) is 5.59. The molecule has 0 unspecified atom stereocenters. The minimum absolute atomic E-state index is 0.112. The molecule has 0 bridgehead atoms. The Hall–Kier alpha value is -2.10. The molecule has 0 N–H and O–H groups in total. The second-order valence-corrected chi connectivity index (χ2v) is 4.79. The molecule has 0 saturated heterocycles. The predicted octanol–water partition coefficient (Wildman–Crippen LogP) is 3.13. The predicted molar refractivity (Wildman–Crippen MR) is 80.0 cm³/mol. The van der Waals surface area contributed by atoms with Gasteiger partial charge in [-0.05, 0) is 43.2 Å². The summed E-state index contributed by atoms with van der Waals surface area (Å²) in [6, 6.07) is 9.48. The van der Waals surface area contributed by atoms with Crippen LogP contribution >= 0.6 is 0 Å². The molecule has 1 amide bonds.